The fourth-order valence-corrected chi connectivity index (χ4v) is 3.36. The van der Waals surface area contributed by atoms with Crippen molar-refractivity contribution in [3.63, 3.8) is 0 Å². The second-order valence-corrected chi connectivity index (χ2v) is 6.77. The summed E-state index contributed by atoms with van der Waals surface area (Å²) in [6.07, 6.45) is 4.09. The molecule has 126 valence electrons. The quantitative estimate of drug-likeness (QED) is 0.424. The molecule has 0 spiro atoms. The van der Waals surface area contributed by atoms with Crippen LogP contribution in [0.4, 0.5) is 0 Å². The number of hydrogen-bond acceptors (Lipinski definition) is 6. The van der Waals surface area contributed by atoms with Gasteiger partial charge in [-0.1, -0.05) is 30.3 Å². The number of rotatable bonds is 7. The first-order valence-electron chi connectivity index (χ1n) is 7.40. The summed E-state index contributed by atoms with van der Waals surface area (Å²) in [4.78, 5) is 28.8. The van der Waals surface area contributed by atoms with E-state index >= 15 is 0 Å². The summed E-state index contributed by atoms with van der Waals surface area (Å²) < 4.78 is 6.00. The van der Waals surface area contributed by atoms with E-state index in [1.165, 1.54) is 30.4 Å². The van der Waals surface area contributed by atoms with Crippen molar-refractivity contribution >= 4 is 39.7 Å². The molecule has 1 aromatic rings. The number of ketones is 1. The lowest BCUT2D eigenvalue weighted by Gasteiger charge is -2.23. The molecule has 0 aliphatic heterocycles. The standard InChI is InChI=1S/C17H23NO3S2/c1-5-21-16(20)15(18-17(22-3)23-4)14(11-12(2)19)13-9-7-6-8-10-13/h6-10,14-15H,5,11H2,1-4H3/t14-,15+/m1/s1. The van der Waals surface area contributed by atoms with Gasteiger partial charge < -0.3 is 9.53 Å². The molecule has 6 heteroatoms. The van der Waals surface area contributed by atoms with E-state index in [1.54, 1.807) is 6.92 Å². The number of thioether (sulfide) groups is 2. The highest BCUT2D eigenvalue weighted by molar-refractivity contribution is 8.38. The fourth-order valence-electron chi connectivity index (χ4n) is 2.26. The SMILES string of the molecule is CCOC(=O)[C@@H](N=C(SC)SC)[C@H](CC(C)=O)c1ccccc1. The van der Waals surface area contributed by atoms with Gasteiger partial charge in [0, 0.05) is 12.3 Å². The highest BCUT2D eigenvalue weighted by Crippen LogP contribution is 2.29. The van der Waals surface area contributed by atoms with Gasteiger partial charge in [-0.05, 0) is 31.9 Å². The van der Waals surface area contributed by atoms with Gasteiger partial charge in [-0.25, -0.2) is 4.79 Å². The third-order valence-corrected chi connectivity index (χ3v) is 5.15. The van der Waals surface area contributed by atoms with E-state index in [9.17, 15) is 9.59 Å². The summed E-state index contributed by atoms with van der Waals surface area (Å²) in [6.45, 7) is 3.59. The maximum Gasteiger partial charge on any atom is 0.331 e. The third kappa shape index (κ3) is 6.39. The molecule has 0 aromatic heterocycles. The Hall–Kier alpha value is -1.27. The van der Waals surface area contributed by atoms with Crippen molar-refractivity contribution in [2.45, 2.75) is 32.2 Å². The molecule has 0 aliphatic rings. The topological polar surface area (TPSA) is 55.7 Å². The first-order chi connectivity index (χ1) is 11.0. The summed E-state index contributed by atoms with van der Waals surface area (Å²) in [6, 6.07) is 8.85. The number of ether oxygens (including phenoxy) is 1. The smallest absolute Gasteiger partial charge is 0.331 e. The zero-order chi connectivity index (χ0) is 17.2. The van der Waals surface area contributed by atoms with Crippen LogP contribution < -0.4 is 0 Å². The van der Waals surface area contributed by atoms with Crippen LogP contribution in [0.15, 0.2) is 35.3 Å². The minimum absolute atomic E-state index is 0.0261. The summed E-state index contributed by atoms with van der Waals surface area (Å²) in [7, 11) is 0. The number of hydrogen-bond donors (Lipinski definition) is 0. The maximum absolute atomic E-state index is 12.4. The zero-order valence-corrected chi connectivity index (χ0v) is 15.6. The third-order valence-electron chi connectivity index (χ3n) is 3.24. The van der Waals surface area contributed by atoms with Crippen LogP contribution in [0.2, 0.25) is 0 Å². The molecule has 0 saturated carbocycles. The lowest BCUT2D eigenvalue weighted by molar-refractivity contribution is -0.145. The Labute approximate surface area is 146 Å². The van der Waals surface area contributed by atoms with Crippen molar-refractivity contribution in [2.75, 3.05) is 19.1 Å². The van der Waals surface area contributed by atoms with E-state index in [4.69, 9.17) is 4.74 Å². The van der Waals surface area contributed by atoms with Crippen LogP contribution in [0, 0.1) is 0 Å². The van der Waals surface area contributed by atoms with Crippen LogP contribution in [0.5, 0.6) is 0 Å². The van der Waals surface area contributed by atoms with Crippen LogP contribution >= 0.6 is 23.5 Å². The average Bonchev–Trinajstić information content (AvgIpc) is 2.55. The van der Waals surface area contributed by atoms with Gasteiger partial charge in [0.15, 0.2) is 6.04 Å². The van der Waals surface area contributed by atoms with Crippen molar-refractivity contribution in [1.82, 2.24) is 0 Å². The number of benzene rings is 1. The first-order valence-corrected chi connectivity index (χ1v) is 9.85. The Balaban J connectivity index is 3.27. The molecule has 0 aliphatic carbocycles. The minimum atomic E-state index is -0.712. The van der Waals surface area contributed by atoms with Gasteiger partial charge in [0.05, 0.1) is 6.61 Å². The number of aliphatic imine (C=N–C) groups is 1. The summed E-state index contributed by atoms with van der Waals surface area (Å²) in [5.41, 5.74) is 0.922. The van der Waals surface area contributed by atoms with Crippen molar-refractivity contribution in [3.8, 4) is 0 Å². The van der Waals surface area contributed by atoms with Crippen molar-refractivity contribution < 1.29 is 14.3 Å². The molecule has 0 amide bonds. The Morgan fingerprint density at radius 2 is 1.78 bits per heavy atom. The molecule has 2 atom stereocenters. The molecule has 0 unspecified atom stereocenters. The highest BCUT2D eigenvalue weighted by atomic mass is 32.2. The van der Waals surface area contributed by atoms with Crippen LogP contribution in [0.1, 0.15) is 31.7 Å². The summed E-state index contributed by atoms with van der Waals surface area (Å²) in [5, 5.41) is 0. The van der Waals surface area contributed by atoms with E-state index in [2.05, 4.69) is 4.99 Å². The van der Waals surface area contributed by atoms with Gasteiger partial charge in [0.2, 0.25) is 0 Å². The molecule has 4 nitrogen and oxygen atoms in total. The Morgan fingerprint density at radius 3 is 2.26 bits per heavy atom. The van der Waals surface area contributed by atoms with E-state index < -0.39 is 6.04 Å². The largest absolute Gasteiger partial charge is 0.464 e. The fraction of sp³-hybridized carbons (Fsp3) is 0.471. The van der Waals surface area contributed by atoms with Crippen LogP contribution in [0.25, 0.3) is 0 Å². The Kier molecular flexibility index (Phi) is 9.02. The number of Topliss-reactive ketones (excluding diaryl/α,β-unsaturated/α-hetero) is 1. The van der Waals surface area contributed by atoms with E-state index in [1.807, 2.05) is 42.8 Å². The first kappa shape index (κ1) is 19.8. The molecular weight excluding hydrogens is 330 g/mol. The predicted octanol–water partition coefficient (Wildman–Crippen LogP) is 3.76. The van der Waals surface area contributed by atoms with Crippen LogP contribution in [0.3, 0.4) is 0 Å². The van der Waals surface area contributed by atoms with Gasteiger partial charge in [0.25, 0.3) is 0 Å². The highest BCUT2D eigenvalue weighted by Gasteiger charge is 2.32. The molecule has 0 fully saturated rings. The second kappa shape index (κ2) is 10.5. The van der Waals surface area contributed by atoms with E-state index in [0.29, 0.717) is 6.61 Å². The lowest BCUT2D eigenvalue weighted by atomic mass is 9.87. The zero-order valence-electron chi connectivity index (χ0n) is 13.9. The molecule has 23 heavy (non-hydrogen) atoms. The average molecular weight is 354 g/mol. The van der Waals surface area contributed by atoms with Crippen molar-refractivity contribution in [2.24, 2.45) is 4.99 Å². The molecule has 1 aromatic carbocycles. The Bertz CT molecular complexity index is 540. The molecular formula is C17H23NO3S2. The molecule has 0 bridgehead atoms. The Morgan fingerprint density at radius 1 is 1.17 bits per heavy atom. The van der Waals surface area contributed by atoms with E-state index in [0.717, 1.165) is 9.94 Å². The molecule has 0 heterocycles. The number of carbonyl (C=O) groups is 2. The summed E-state index contributed by atoms with van der Waals surface area (Å²) >= 11 is 2.97. The number of nitrogens with zero attached hydrogens (tertiary/aromatic N) is 1. The van der Waals surface area contributed by atoms with Gasteiger partial charge in [-0.2, -0.15) is 0 Å². The van der Waals surface area contributed by atoms with Crippen LogP contribution in [-0.2, 0) is 14.3 Å². The normalized spacial score (nSPS) is 13.0. The van der Waals surface area contributed by atoms with Gasteiger partial charge >= 0.3 is 5.97 Å². The minimum Gasteiger partial charge on any atom is -0.464 e. The number of carbonyl (C=O) groups excluding carboxylic acids is 2. The lowest BCUT2D eigenvalue weighted by Crippen LogP contribution is -2.30. The maximum atomic E-state index is 12.4. The molecule has 1 rings (SSSR count). The molecule has 0 radical (unpaired) electrons. The van der Waals surface area contributed by atoms with Crippen molar-refractivity contribution in [3.05, 3.63) is 35.9 Å². The van der Waals surface area contributed by atoms with Gasteiger partial charge in [-0.15, -0.1) is 23.5 Å². The second-order valence-electron chi connectivity index (χ2n) is 4.92. The van der Waals surface area contributed by atoms with Crippen LogP contribution in [-0.4, -0.2) is 41.3 Å². The predicted molar refractivity (Wildman–Crippen MR) is 99.4 cm³/mol. The summed E-state index contributed by atoms with van der Waals surface area (Å²) in [5.74, 6) is -0.677. The van der Waals surface area contributed by atoms with Gasteiger partial charge in [0.1, 0.15) is 10.2 Å². The van der Waals surface area contributed by atoms with Gasteiger partial charge in [-0.3, -0.25) is 4.99 Å². The monoisotopic (exact) mass is 353 g/mol. The van der Waals surface area contributed by atoms with E-state index in [-0.39, 0.29) is 24.1 Å². The van der Waals surface area contributed by atoms with Crippen molar-refractivity contribution in [1.29, 1.82) is 0 Å². The molecule has 0 N–H and O–H groups in total. The molecule has 0 saturated heterocycles. The number of esters is 1.